The van der Waals surface area contributed by atoms with Gasteiger partial charge in [-0.2, -0.15) is 0 Å². The molecule has 0 aliphatic rings. The Morgan fingerprint density at radius 1 is 1.46 bits per heavy atom. The van der Waals surface area contributed by atoms with Gasteiger partial charge in [0.15, 0.2) is 0 Å². The molecule has 0 aromatic carbocycles. The molecule has 2 heteroatoms. The molecule has 0 saturated heterocycles. The summed E-state index contributed by atoms with van der Waals surface area (Å²) in [6, 6.07) is 4.78. The molecule has 1 nitrogen and oxygen atoms in total. The van der Waals surface area contributed by atoms with Gasteiger partial charge in [-0.25, -0.2) is 0 Å². The minimum Gasteiger partial charge on any atom is -0.296 e. The summed E-state index contributed by atoms with van der Waals surface area (Å²) >= 11 is 1.82. The van der Waals surface area contributed by atoms with Gasteiger partial charge in [-0.1, -0.05) is 5.92 Å². The molecule has 0 radical (unpaired) electrons. The SMILES string of the molecule is C#CC(C)NC(C)c1ccc(C)s1. The first-order valence-corrected chi connectivity index (χ1v) is 5.23. The van der Waals surface area contributed by atoms with E-state index in [9.17, 15) is 0 Å². The third-order valence-electron chi connectivity index (χ3n) is 1.94. The molecule has 0 aliphatic heterocycles. The second-order valence-corrected chi connectivity index (χ2v) is 4.54. The quantitative estimate of drug-likeness (QED) is 0.728. The largest absolute Gasteiger partial charge is 0.296 e. The van der Waals surface area contributed by atoms with Crippen LogP contribution >= 0.6 is 11.3 Å². The lowest BCUT2D eigenvalue weighted by atomic mass is 10.2. The summed E-state index contributed by atoms with van der Waals surface area (Å²) in [6.45, 7) is 6.25. The molecule has 13 heavy (non-hydrogen) atoms. The van der Waals surface area contributed by atoms with Gasteiger partial charge in [-0.3, -0.25) is 5.32 Å². The highest BCUT2D eigenvalue weighted by atomic mass is 32.1. The molecule has 1 heterocycles. The van der Waals surface area contributed by atoms with Crippen LogP contribution in [0.1, 0.15) is 29.6 Å². The van der Waals surface area contributed by atoms with Crippen molar-refractivity contribution in [2.45, 2.75) is 32.9 Å². The van der Waals surface area contributed by atoms with Gasteiger partial charge in [0, 0.05) is 15.8 Å². The highest BCUT2D eigenvalue weighted by Crippen LogP contribution is 2.22. The molecular weight excluding hydrogens is 178 g/mol. The normalized spacial score (nSPS) is 14.9. The average molecular weight is 193 g/mol. The van der Waals surface area contributed by atoms with Gasteiger partial charge >= 0.3 is 0 Å². The Kier molecular flexibility index (Phi) is 3.53. The minimum atomic E-state index is 0.136. The van der Waals surface area contributed by atoms with E-state index in [2.05, 4.69) is 37.2 Å². The van der Waals surface area contributed by atoms with Crippen molar-refractivity contribution in [3.8, 4) is 12.3 Å². The Bertz CT molecular complexity index is 308. The van der Waals surface area contributed by atoms with Crippen molar-refractivity contribution in [3.63, 3.8) is 0 Å². The fourth-order valence-electron chi connectivity index (χ4n) is 1.19. The first kappa shape index (κ1) is 10.3. The van der Waals surface area contributed by atoms with E-state index < -0.39 is 0 Å². The lowest BCUT2D eigenvalue weighted by Gasteiger charge is -2.14. The second-order valence-electron chi connectivity index (χ2n) is 3.23. The van der Waals surface area contributed by atoms with E-state index >= 15 is 0 Å². The summed E-state index contributed by atoms with van der Waals surface area (Å²) in [5, 5.41) is 3.33. The Morgan fingerprint density at radius 3 is 2.62 bits per heavy atom. The van der Waals surface area contributed by atoms with Crippen LogP contribution in [0.25, 0.3) is 0 Å². The highest BCUT2D eigenvalue weighted by molar-refractivity contribution is 7.12. The maximum atomic E-state index is 5.29. The van der Waals surface area contributed by atoms with E-state index in [1.54, 1.807) is 0 Å². The number of hydrogen-bond acceptors (Lipinski definition) is 2. The molecule has 70 valence electrons. The predicted molar refractivity (Wildman–Crippen MR) is 58.9 cm³/mol. The summed E-state index contributed by atoms with van der Waals surface area (Å²) < 4.78 is 0. The lowest BCUT2D eigenvalue weighted by molar-refractivity contribution is 0.553. The van der Waals surface area contributed by atoms with Gasteiger partial charge in [0.2, 0.25) is 0 Å². The maximum absolute atomic E-state index is 5.29. The van der Waals surface area contributed by atoms with Crippen LogP contribution in [0.5, 0.6) is 0 Å². The second kappa shape index (κ2) is 4.45. The van der Waals surface area contributed by atoms with Crippen LogP contribution in [0.15, 0.2) is 12.1 Å². The van der Waals surface area contributed by atoms with Crippen molar-refractivity contribution >= 4 is 11.3 Å². The van der Waals surface area contributed by atoms with Crippen LogP contribution in [0, 0.1) is 19.3 Å². The molecule has 0 bridgehead atoms. The standard InChI is InChI=1S/C11H15NS/c1-5-8(2)12-10(4)11-7-6-9(3)13-11/h1,6-8,10,12H,2-4H3. The molecule has 0 fully saturated rings. The van der Waals surface area contributed by atoms with Crippen molar-refractivity contribution in [1.82, 2.24) is 5.32 Å². The van der Waals surface area contributed by atoms with E-state index in [1.165, 1.54) is 9.75 Å². The number of thiophene rings is 1. The van der Waals surface area contributed by atoms with E-state index in [-0.39, 0.29) is 6.04 Å². The fourth-order valence-corrected chi connectivity index (χ4v) is 2.08. The maximum Gasteiger partial charge on any atom is 0.0663 e. The van der Waals surface area contributed by atoms with Crippen LogP contribution in [0.4, 0.5) is 0 Å². The summed E-state index contributed by atoms with van der Waals surface area (Å²) in [6.07, 6.45) is 5.29. The van der Waals surface area contributed by atoms with Crippen LogP contribution < -0.4 is 5.32 Å². The zero-order valence-electron chi connectivity index (χ0n) is 8.29. The molecule has 1 rings (SSSR count). The van der Waals surface area contributed by atoms with Gasteiger partial charge in [0.05, 0.1) is 6.04 Å². The summed E-state index contributed by atoms with van der Waals surface area (Å²) in [5.41, 5.74) is 0. The van der Waals surface area contributed by atoms with Gasteiger partial charge in [0.1, 0.15) is 0 Å². The van der Waals surface area contributed by atoms with Crippen LogP contribution in [0.2, 0.25) is 0 Å². The lowest BCUT2D eigenvalue weighted by Crippen LogP contribution is -2.26. The zero-order valence-corrected chi connectivity index (χ0v) is 9.11. The van der Waals surface area contributed by atoms with Crippen LogP contribution in [-0.4, -0.2) is 6.04 Å². The van der Waals surface area contributed by atoms with E-state index in [4.69, 9.17) is 6.42 Å². The molecule has 1 N–H and O–H groups in total. The Morgan fingerprint density at radius 2 is 2.15 bits per heavy atom. The van der Waals surface area contributed by atoms with Crippen molar-refractivity contribution in [2.24, 2.45) is 0 Å². The van der Waals surface area contributed by atoms with Gasteiger partial charge < -0.3 is 0 Å². The molecular formula is C11H15NS. The zero-order chi connectivity index (χ0) is 9.84. The Labute approximate surface area is 84.2 Å². The molecule has 2 unspecified atom stereocenters. The number of rotatable bonds is 3. The van der Waals surface area contributed by atoms with Gasteiger partial charge in [0.25, 0.3) is 0 Å². The smallest absolute Gasteiger partial charge is 0.0663 e. The molecule has 0 spiro atoms. The number of nitrogens with one attached hydrogen (secondary N) is 1. The summed E-state index contributed by atoms with van der Waals surface area (Å²) in [5.74, 6) is 2.67. The van der Waals surface area contributed by atoms with Crippen molar-refractivity contribution in [2.75, 3.05) is 0 Å². The van der Waals surface area contributed by atoms with E-state index in [0.29, 0.717) is 6.04 Å². The minimum absolute atomic E-state index is 0.136. The Hall–Kier alpha value is -0.780. The molecule has 0 saturated carbocycles. The van der Waals surface area contributed by atoms with E-state index in [1.807, 2.05) is 18.3 Å². The summed E-state index contributed by atoms with van der Waals surface area (Å²) in [4.78, 5) is 2.69. The predicted octanol–water partition coefficient (Wildman–Crippen LogP) is 2.73. The number of terminal acetylenes is 1. The first-order chi connectivity index (χ1) is 6.13. The molecule has 0 aliphatic carbocycles. The van der Waals surface area contributed by atoms with Crippen LogP contribution in [-0.2, 0) is 0 Å². The van der Waals surface area contributed by atoms with E-state index in [0.717, 1.165) is 0 Å². The van der Waals surface area contributed by atoms with Gasteiger partial charge in [-0.05, 0) is 32.9 Å². The van der Waals surface area contributed by atoms with Crippen molar-refractivity contribution < 1.29 is 0 Å². The molecule has 2 atom stereocenters. The molecule has 0 amide bonds. The third-order valence-corrected chi connectivity index (χ3v) is 3.12. The van der Waals surface area contributed by atoms with Gasteiger partial charge in [-0.15, -0.1) is 17.8 Å². The first-order valence-electron chi connectivity index (χ1n) is 4.42. The number of hydrogen-bond donors (Lipinski definition) is 1. The topological polar surface area (TPSA) is 12.0 Å². The van der Waals surface area contributed by atoms with Crippen LogP contribution in [0.3, 0.4) is 0 Å². The Balaban J connectivity index is 2.59. The van der Waals surface area contributed by atoms with Crippen molar-refractivity contribution in [1.29, 1.82) is 0 Å². The summed E-state index contributed by atoms with van der Waals surface area (Å²) in [7, 11) is 0. The molecule has 1 aromatic heterocycles. The molecule has 1 aromatic rings. The fraction of sp³-hybridized carbons (Fsp3) is 0.455. The van der Waals surface area contributed by atoms with Crippen molar-refractivity contribution in [3.05, 3.63) is 21.9 Å². The monoisotopic (exact) mass is 193 g/mol. The average Bonchev–Trinajstić information content (AvgIpc) is 2.51. The highest BCUT2D eigenvalue weighted by Gasteiger charge is 2.08. The third kappa shape index (κ3) is 2.87. The number of aryl methyl sites for hydroxylation is 1.